The van der Waals surface area contributed by atoms with Crippen LogP contribution >= 0.6 is 11.3 Å². The molecule has 1 N–H and O–H groups in total. The van der Waals surface area contributed by atoms with Gasteiger partial charge in [-0.3, -0.25) is 4.79 Å². The summed E-state index contributed by atoms with van der Waals surface area (Å²) >= 11 is 1.25. The van der Waals surface area contributed by atoms with Crippen LogP contribution < -0.4 is 0 Å². The number of aromatic nitrogens is 1. The van der Waals surface area contributed by atoms with Crippen molar-refractivity contribution in [3.63, 3.8) is 0 Å². The van der Waals surface area contributed by atoms with E-state index in [-0.39, 0.29) is 16.7 Å². The highest BCUT2D eigenvalue weighted by Crippen LogP contribution is 2.55. The number of hydrogen-bond donors (Lipinski definition) is 1. The molecule has 2 aliphatic rings. The molecule has 228 valence electrons. The number of carbonyl (C=O) groups is 1. The van der Waals surface area contributed by atoms with E-state index in [0.717, 1.165) is 30.4 Å². The molecule has 7 rings (SSSR count). The van der Waals surface area contributed by atoms with Crippen LogP contribution in [0.15, 0.2) is 83.1 Å². The fraction of sp³-hybridized carbons (Fsp3) is 0.278. The summed E-state index contributed by atoms with van der Waals surface area (Å²) in [5.41, 5.74) is 3.65. The van der Waals surface area contributed by atoms with E-state index in [0.29, 0.717) is 57.4 Å². The standard InChI is InChI=1S/C36H31FN2O4S2/c1-22-7-10-27(11-8-22)45(42,43)39-31-12-9-26(37)19-30(31)33(29-14-17-44-32(29)21-38)34(39)24-5-2-4-23(18-24)28-13-16-36(35(40)41)15-3-6-25(28)20-36/h2,4-5,7-12,14,17-19,25,28H,3,6,13,15-16,20H2,1H3,(H,40,41). The molecule has 2 aromatic heterocycles. The first-order valence-electron chi connectivity index (χ1n) is 15.1. The molecule has 2 heterocycles. The summed E-state index contributed by atoms with van der Waals surface area (Å²) in [6, 6.07) is 22.6. The number of carboxylic acid groups (broad SMARTS) is 1. The van der Waals surface area contributed by atoms with Gasteiger partial charge in [0.25, 0.3) is 10.0 Å². The number of hydrogen-bond acceptors (Lipinski definition) is 5. The normalized spacial score (nSPS) is 21.4. The van der Waals surface area contributed by atoms with Crippen molar-refractivity contribution in [2.75, 3.05) is 0 Å². The molecule has 0 radical (unpaired) electrons. The van der Waals surface area contributed by atoms with Gasteiger partial charge in [0.05, 0.1) is 21.5 Å². The number of carboxylic acids is 1. The lowest BCUT2D eigenvalue weighted by Gasteiger charge is -2.46. The maximum atomic E-state index is 14.9. The average molecular weight is 639 g/mol. The van der Waals surface area contributed by atoms with E-state index < -0.39 is 27.2 Å². The SMILES string of the molecule is Cc1ccc(S(=O)(=O)n2c(-c3cccc(C4CCC5(C(=O)O)CCCC4C5)c3)c(-c3ccsc3C#N)c3cc(F)ccc32)cc1. The Morgan fingerprint density at radius 1 is 1.07 bits per heavy atom. The van der Waals surface area contributed by atoms with E-state index in [4.69, 9.17) is 0 Å². The maximum absolute atomic E-state index is 14.9. The summed E-state index contributed by atoms with van der Waals surface area (Å²) in [6.45, 7) is 1.89. The third-order valence-electron chi connectivity index (χ3n) is 9.91. The lowest BCUT2D eigenvalue weighted by atomic mass is 9.57. The second kappa shape index (κ2) is 11.0. The molecule has 5 aromatic rings. The van der Waals surface area contributed by atoms with Crippen molar-refractivity contribution in [1.29, 1.82) is 5.26 Å². The van der Waals surface area contributed by atoms with Crippen LogP contribution in [0.25, 0.3) is 33.3 Å². The molecule has 45 heavy (non-hydrogen) atoms. The number of halogens is 1. The number of benzene rings is 3. The zero-order valence-electron chi connectivity index (χ0n) is 24.7. The van der Waals surface area contributed by atoms with Crippen LogP contribution in [0.2, 0.25) is 0 Å². The largest absolute Gasteiger partial charge is 0.481 e. The minimum atomic E-state index is -4.18. The second-order valence-corrected chi connectivity index (χ2v) is 15.2. The Balaban J connectivity index is 1.49. The molecule has 2 saturated carbocycles. The molecule has 3 atom stereocenters. The molecule has 0 spiro atoms. The molecule has 3 unspecified atom stereocenters. The number of nitrogens with zero attached hydrogens (tertiary/aromatic N) is 2. The van der Waals surface area contributed by atoms with Crippen LogP contribution in [-0.2, 0) is 14.8 Å². The number of fused-ring (bicyclic) bond motifs is 3. The summed E-state index contributed by atoms with van der Waals surface area (Å²) < 4.78 is 45.3. The van der Waals surface area contributed by atoms with Crippen LogP contribution in [0.3, 0.4) is 0 Å². The van der Waals surface area contributed by atoms with E-state index in [9.17, 15) is 28.0 Å². The van der Waals surface area contributed by atoms with Gasteiger partial charge in [-0.15, -0.1) is 11.3 Å². The first-order chi connectivity index (χ1) is 21.6. The Labute approximate surface area is 265 Å². The van der Waals surface area contributed by atoms with Gasteiger partial charge in [-0.2, -0.15) is 5.26 Å². The van der Waals surface area contributed by atoms with Gasteiger partial charge >= 0.3 is 5.97 Å². The Morgan fingerprint density at radius 3 is 2.62 bits per heavy atom. The van der Waals surface area contributed by atoms with E-state index in [1.165, 1.54) is 33.5 Å². The Bertz CT molecular complexity index is 2120. The molecular weight excluding hydrogens is 608 g/mol. The van der Waals surface area contributed by atoms with Crippen LogP contribution in [0, 0.1) is 35.4 Å². The van der Waals surface area contributed by atoms with E-state index in [1.807, 2.05) is 31.2 Å². The number of nitriles is 1. The van der Waals surface area contributed by atoms with Crippen molar-refractivity contribution in [3.8, 4) is 28.5 Å². The van der Waals surface area contributed by atoms with Crippen LogP contribution in [-0.4, -0.2) is 23.5 Å². The van der Waals surface area contributed by atoms with Gasteiger partial charge in [0, 0.05) is 22.1 Å². The van der Waals surface area contributed by atoms with Gasteiger partial charge < -0.3 is 5.11 Å². The molecule has 9 heteroatoms. The van der Waals surface area contributed by atoms with Crippen molar-refractivity contribution in [2.24, 2.45) is 11.3 Å². The van der Waals surface area contributed by atoms with E-state index in [2.05, 4.69) is 6.07 Å². The van der Waals surface area contributed by atoms with Crippen LogP contribution in [0.4, 0.5) is 4.39 Å². The molecular formula is C36H31FN2O4S2. The Kier molecular flexibility index (Phi) is 7.18. The van der Waals surface area contributed by atoms with Gasteiger partial charge in [-0.25, -0.2) is 16.8 Å². The van der Waals surface area contributed by atoms with Crippen molar-refractivity contribution in [1.82, 2.24) is 3.97 Å². The summed E-state index contributed by atoms with van der Waals surface area (Å²) in [4.78, 5) is 12.7. The average Bonchev–Trinajstić information content (AvgIpc) is 3.63. The minimum absolute atomic E-state index is 0.101. The van der Waals surface area contributed by atoms with Crippen LogP contribution in [0.5, 0.6) is 0 Å². The first-order valence-corrected chi connectivity index (χ1v) is 17.4. The highest BCUT2D eigenvalue weighted by molar-refractivity contribution is 7.90. The summed E-state index contributed by atoms with van der Waals surface area (Å²) in [7, 11) is -4.18. The summed E-state index contributed by atoms with van der Waals surface area (Å²) in [5.74, 6) is -0.854. The Hall–Kier alpha value is -4.26. The Morgan fingerprint density at radius 2 is 1.87 bits per heavy atom. The summed E-state index contributed by atoms with van der Waals surface area (Å²) in [5, 5.41) is 22.2. The fourth-order valence-corrected chi connectivity index (χ4v) is 9.97. The zero-order chi connectivity index (χ0) is 31.5. The molecule has 2 fully saturated rings. The quantitative estimate of drug-likeness (QED) is 0.201. The van der Waals surface area contributed by atoms with Gasteiger partial charge in [0.15, 0.2) is 0 Å². The van der Waals surface area contributed by atoms with Gasteiger partial charge in [-0.05, 0) is 104 Å². The topological polar surface area (TPSA) is 100 Å². The third-order valence-corrected chi connectivity index (χ3v) is 12.5. The van der Waals surface area contributed by atoms with Crippen molar-refractivity contribution < 1.29 is 22.7 Å². The van der Waals surface area contributed by atoms with Crippen molar-refractivity contribution >= 4 is 38.2 Å². The number of thiophene rings is 1. The molecule has 2 aliphatic carbocycles. The molecule has 2 bridgehead atoms. The molecule has 6 nitrogen and oxygen atoms in total. The molecule has 0 amide bonds. The van der Waals surface area contributed by atoms with Gasteiger partial charge in [-0.1, -0.05) is 42.3 Å². The first kappa shape index (κ1) is 29.5. The van der Waals surface area contributed by atoms with Gasteiger partial charge in [0.1, 0.15) is 16.8 Å². The number of rotatable bonds is 6. The fourth-order valence-electron chi connectivity index (χ4n) is 7.73. The zero-order valence-corrected chi connectivity index (χ0v) is 26.3. The number of aliphatic carboxylic acids is 1. The lowest BCUT2D eigenvalue weighted by molar-refractivity contribution is -0.155. The minimum Gasteiger partial charge on any atom is -0.481 e. The third kappa shape index (κ3) is 4.79. The molecule has 3 aromatic carbocycles. The molecule has 0 aliphatic heterocycles. The predicted molar refractivity (Wildman–Crippen MR) is 173 cm³/mol. The van der Waals surface area contributed by atoms with Crippen LogP contribution in [0.1, 0.15) is 60.4 Å². The lowest BCUT2D eigenvalue weighted by Crippen LogP contribution is -2.42. The smallest absolute Gasteiger partial charge is 0.309 e. The predicted octanol–water partition coefficient (Wildman–Crippen LogP) is 8.73. The number of aryl methyl sites for hydroxylation is 1. The molecule has 0 saturated heterocycles. The van der Waals surface area contributed by atoms with Crippen molar-refractivity contribution in [2.45, 2.75) is 56.3 Å². The highest BCUT2D eigenvalue weighted by atomic mass is 32.2. The maximum Gasteiger partial charge on any atom is 0.309 e. The van der Waals surface area contributed by atoms with E-state index in [1.54, 1.807) is 35.7 Å². The highest BCUT2D eigenvalue weighted by Gasteiger charge is 2.48. The van der Waals surface area contributed by atoms with Gasteiger partial charge in [0.2, 0.25) is 0 Å². The van der Waals surface area contributed by atoms with E-state index >= 15 is 0 Å². The van der Waals surface area contributed by atoms with Crippen molar-refractivity contribution in [3.05, 3.63) is 100.0 Å². The second-order valence-electron chi connectivity index (χ2n) is 12.5. The summed E-state index contributed by atoms with van der Waals surface area (Å²) in [6.07, 6.45) is 4.54. The monoisotopic (exact) mass is 638 g/mol.